The molecule has 0 amide bonds. The van der Waals surface area contributed by atoms with Gasteiger partial charge in [-0.3, -0.25) is 0 Å². The summed E-state index contributed by atoms with van der Waals surface area (Å²) in [6.45, 7) is 1.88. The van der Waals surface area contributed by atoms with Gasteiger partial charge < -0.3 is 10.6 Å². The lowest BCUT2D eigenvalue weighted by atomic mass is 10.1. The lowest BCUT2D eigenvalue weighted by Gasteiger charge is -2.17. The summed E-state index contributed by atoms with van der Waals surface area (Å²) in [5, 5.41) is 11.4. The average molecular weight is 353 g/mol. The van der Waals surface area contributed by atoms with Crippen molar-refractivity contribution >= 4 is 33.0 Å². The standard InChI is InChI=1S/C15H16FN3O2S2/c1-10(11-2-8-14(9-3-11)23(17,20)21)18-15(22)19-13-6-4-12(16)5-7-13/h2-10H,1H3,(H2,17,20,21)(H2,18,19,22)/t10-/m0/s1. The number of benzene rings is 2. The topological polar surface area (TPSA) is 84.2 Å². The Labute approximate surface area is 139 Å². The van der Waals surface area contributed by atoms with Gasteiger partial charge in [-0.25, -0.2) is 17.9 Å². The molecule has 4 N–H and O–H groups in total. The Morgan fingerprint density at radius 2 is 1.70 bits per heavy atom. The number of primary sulfonamides is 1. The Morgan fingerprint density at radius 1 is 1.13 bits per heavy atom. The molecule has 0 heterocycles. The number of anilines is 1. The number of rotatable bonds is 4. The third-order valence-electron chi connectivity index (χ3n) is 3.16. The van der Waals surface area contributed by atoms with E-state index in [-0.39, 0.29) is 16.8 Å². The van der Waals surface area contributed by atoms with Gasteiger partial charge in [-0.15, -0.1) is 0 Å². The zero-order valence-corrected chi connectivity index (χ0v) is 13.9. The van der Waals surface area contributed by atoms with Crippen LogP contribution in [0.1, 0.15) is 18.5 Å². The summed E-state index contributed by atoms with van der Waals surface area (Å²) in [5.74, 6) is -0.322. The number of hydrogen-bond donors (Lipinski definition) is 3. The molecule has 0 unspecified atom stereocenters. The third-order valence-corrected chi connectivity index (χ3v) is 4.31. The fourth-order valence-electron chi connectivity index (χ4n) is 1.93. The van der Waals surface area contributed by atoms with Crippen molar-refractivity contribution < 1.29 is 12.8 Å². The molecule has 0 aliphatic carbocycles. The van der Waals surface area contributed by atoms with Crippen molar-refractivity contribution in [1.82, 2.24) is 5.32 Å². The summed E-state index contributed by atoms with van der Waals surface area (Å²) in [5.41, 5.74) is 1.52. The van der Waals surface area contributed by atoms with Gasteiger partial charge in [0.05, 0.1) is 10.9 Å². The molecule has 2 aromatic carbocycles. The molecule has 0 bridgehead atoms. The van der Waals surface area contributed by atoms with E-state index >= 15 is 0 Å². The SMILES string of the molecule is C[C@H](NC(=S)Nc1ccc(F)cc1)c1ccc(S(N)(=O)=O)cc1. The second-order valence-electron chi connectivity index (χ2n) is 4.94. The van der Waals surface area contributed by atoms with Crippen LogP contribution in [0.5, 0.6) is 0 Å². The molecule has 2 aromatic rings. The van der Waals surface area contributed by atoms with Gasteiger partial charge in [0.2, 0.25) is 10.0 Å². The smallest absolute Gasteiger partial charge is 0.238 e. The number of thiocarbonyl (C=S) groups is 1. The quantitative estimate of drug-likeness (QED) is 0.736. The van der Waals surface area contributed by atoms with Crippen LogP contribution in [0.15, 0.2) is 53.4 Å². The Bertz CT molecular complexity index is 790. The highest BCUT2D eigenvalue weighted by molar-refractivity contribution is 7.89. The lowest BCUT2D eigenvalue weighted by molar-refractivity contribution is 0.597. The molecular formula is C15H16FN3O2S2. The molecule has 5 nitrogen and oxygen atoms in total. The molecule has 1 atom stereocenters. The molecule has 8 heteroatoms. The average Bonchev–Trinajstić information content (AvgIpc) is 2.49. The van der Waals surface area contributed by atoms with Crippen LogP contribution in [-0.4, -0.2) is 13.5 Å². The molecule has 0 aromatic heterocycles. The normalized spacial score (nSPS) is 12.5. The van der Waals surface area contributed by atoms with Crippen molar-refractivity contribution in [3.8, 4) is 0 Å². The molecule has 2 rings (SSSR count). The fourth-order valence-corrected chi connectivity index (χ4v) is 2.74. The van der Waals surface area contributed by atoms with E-state index in [4.69, 9.17) is 17.4 Å². The molecule has 0 aliphatic heterocycles. The van der Waals surface area contributed by atoms with Crippen molar-refractivity contribution in [3.63, 3.8) is 0 Å². The first-order valence-corrected chi connectivity index (χ1v) is 8.67. The number of sulfonamides is 1. The Kier molecular flexibility index (Phi) is 5.30. The Hall–Kier alpha value is -2.03. The molecular weight excluding hydrogens is 337 g/mol. The number of nitrogens with one attached hydrogen (secondary N) is 2. The monoisotopic (exact) mass is 353 g/mol. The molecule has 0 aliphatic rings. The van der Waals surface area contributed by atoms with Gasteiger partial charge in [-0.1, -0.05) is 12.1 Å². The number of hydrogen-bond acceptors (Lipinski definition) is 3. The molecule has 0 saturated heterocycles. The van der Waals surface area contributed by atoms with Gasteiger partial charge in [0.1, 0.15) is 5.82 Å². The van der Waals surface area contributed by atoms with E-state index in [2.05, 4.69) is 10.6 Å². The lowest BCUT2D eigenvalue weighted by Crippen LogP contribution is -2.30. The van der Waals surface area contributed by atoms with Gasteiger partial charge in [0.15, 0.2) is 5.11 Å². The highest BCUT2D eigenvalue weighted by Crippen LogP contribution is 2.16. The Morgan fingerprint density at radius 3 is 2.22 bits per heavy atom. The van der Waals surface area contributed by atoms with Gasteiger partial charge in [-0.05, 0) is 61.1 Å². The first-order valence-electron chi connectivity index (χ1n) is 6.71. The molecule has 0 spiro atoms. The highest BCUT2D eigenvalue weighted by atomic mass is 32.2. The summed E-state index contributed by atoms with van der Waals surface area (Å²) < 4.78 is 35.3. The zero-order chi connectivity index (χ0) is 17.0. The highest BCUT2D eigenvalue weighted by Gasteiger charge is 2.11. The summed E-state index contributed by atoms with van der Waals surface area (Å²) in [6.07, 6.45) is 0. The maximum atomic E-state index is 12.8. The fraction of sp³-hybridized carbons (Fsp3) is 0.133. The maximum absolute atomic E-state index is 12.8. The van der Waals surface area contributed by atoms with Crippen molar-refractivity contribution in [3.05, 3.63) is 59.9 Å². The van der Waals surface area contributed by atoms with E-state index in [0.717, 1.165) is 5.56 Å². The van der Waals surface area contributed by atoms with Crippen LogP contribution < -0.4 is 15.8 Å². The van der Waals surface area contributed by atoms with Gasteiger partial charge in [0, 0.05) is 5.69 Å². The van der Waals surface area contributed by atoms with Crippen molar-refractivity contribution in [2.45, 2.75) is 17.9 Å². The third kappa shape index (κ3) is 4.98. The second-order valence-corrected chi connectivity index (χ2v) is 6.91. The van der Waals surface area contributed by atoms with Gasteiger partial charge >= 0.3 is 0 Å². The molecule has 122 valence electrons. The number of nitrogens with two attached hydrogens (primary N) is 1. The minimum atomic E-state index is -3.70. The van der Waals surface area contributed by atoms with Gasteiger partial charge in [-0.2, -0.15) is 0 Å². The second kappa shape index (κ2) is 7.03. The molecule has 23 heavy (non-hydrogen) atoms. The number of halogens is 1. The van der Waals surface area contributed by atoms with Crippen LogP contribution in [0.3, 0.4) is 0 Å². The van der Waals surface area contributed by atoms with Crippen LogP contribution in [-0.2, 0) is 10.0 Å². The first kappa shape index (κ1) is 17.3. The van der Waals surface area contributed by atoms with Gasteiger partial charge in [0.25, 0.3) is 0 Å². The summed E-state index contributed by atoms with van der Waals surface area (Å²) >= 11 is 5.20. The van der Waals surface area contributed by atoms with Crippen molar-refractivity contribution in [2.24, 2.45) is 5.14 Å². The molecule has 0 radical (unpaired) electrons. The first-order chi connectivity index (χ1) is 10.8. The maximum Gasteiger partial charge on any atom is 0.238 e. The van der Waals surface area contributed by atoms with Crippen LogP contribution in [0, 0.1) is 5.82 Å². The van der Waals surface area contributed by atoms with E-state index < -0.39 is 10.0 Å². The predicted molar refractivity (Wildman–Crippen MR) is 92.0 cm³/mol. The van der Waals surface area contributed by atoms with E-state index in [9.17, 15) is 12.8 Å². The van der Waals surface area contributed by atoms with Crippen LogP contribution in [0.4, 0.5) is 10.1 Å². The Balaban J connectivity index is 1.99. The van der Waals surface area contributed by atoms with E-state index in [1.165, 1.54) is 24.3 Å². The predicted octanol–water partition coefficient (Wildman–Crippen LogP) is 2.52. The van der Waals surface area contributed by atoms with E-state index in [0.29, 0.717) is 10.8 Å². The van der Waals surface area contributed by atoms with E-state index in [1.54, 1.807) is 24.3 Å². The minimum Gasteiger partial charge on any atom is -0.356 e. The summed E-state index contributed by atoms with van der Waals surface area (Å²) in [7, 11) is -3.70. The van der Waals surface area contributed by atoms with Crippen molar-refractivity contribution in [2.75, 3.05) is 5.32 Å². The zero-order valence-electron chi connectivity index (χ0n) is 12.3. The molecule has 0 saturated carbocycles. The molecule has 0 fully saturated rings. The summed E-state index contributed by atoms with van der Waals surface area (Å²) in [4.78, 5) is 0.0560. The summed E-state index contributed by atoms with van der Waals surface area (Å²) in [6, 6.07) is 11.9. The van der Waals surface area contributed by atoms with Crippen molar-refractivity contribution in [1.29, 1.82) is 0 Å². The van der Waals surface area contributed by atoms with Crippen LogP contribution in [0.25, 0.3) is 0 Å². The largest absolute Gasteiger partial charge is 0.356 e. The van der Waals surface area contributed by atoms with Crippen LogP contribution >= 0.6 is 12.2 Å². The van der Waals surface area contributed by atoms with Crippen LogP contribution in [0.2, 0.25) is 0 Å². The van der Waals surface area contributed by atoms with E-state index in [1.807, 2.05) is 6.92 Å². The minimum absolute atomic E-state index is 0.0560.